The summed E-state index contributed by atoms with van der Waals surface area (Å²) in [5, 5.41) is 8.78. The van der Waals surface area contributed by atoms with E-state index in [9.17, 15) is 26.8 Å². The quantitative estimate of drug-likeness (QED) is 0.400. The van der Waals surface area contributed by atoms with Crippen molar-refractivity contribution in [1.29, 1.82) is 0 Å². The van der Waals surface area contributed by atoms with Crippen LogP contribution in [0.4, 0.5) is 14.7 Å². The number of nitrogens with zero attached hydrogens (tertiary/aromatic N) is 2. The molecular weight excluding hydrogens is 472 g/mol. The number of aromatic nitrogens is 2. The lowest BCUT2D eigenvalue weighted by Gasteiger charge is -2.21. The van der Waals surface area contributed by atoms with Crippen LogP contribution in [0, 0.1) is 5.82 Å². The monoisotopic (exact) mass is 499 g/mol. The average Bonchev–Trinajstić information content (AvgIpc) is 2.71. The van der Waals surface area contributed by atoms with Gasteiger partial charge >= 0.3 is 5.97 Å². The molecule has 2 rings (SSSR count). The van der Waals surface area contributed by atoms with Crippen molar-refractivity contribution in [2.75, 3.05) is 11.0 Å². The van der Waals surface area contributed by atoms with Crippen molar-refractivity contribution in [3.8, 4) is 11.3 Å². The summed E-state index contributed by atoms with van der Waals surface area (Å²) in [6.07, 6.45) is -2.33. The van der Waals surface area contributed by atoms with Crippen molar-refractivity contribution in [2.24, 2.45) is 0 Å². The first-order chi connectivity index (χ1) is 15.9. The molecule has 1 heterocycles. The number of benzene rings is 1. The third kappa shape index (κ3) is 8.32. The smallest absolute Gasteiger partial charge is 0.306 e. The minimum absolute atomic E-state index is 0.134. The first-order valence-corrected chi connectivity index (χ1v) is 12.4. The van der Waals surface area contributed by atoms with E-state index in [0.29, 0.717) is 22.5 Å². The molecule has 0 bridgehead atoms. The highest BCUT2D eigenvalue weighted by atomic mass is 32.2. The second kappa shape index (κ2) is 11.8. The standard InChI is InChI=1S/C22H27F2N3O6S/c1-13(2)20-18(9-8-17(33-12-28)10-16(24)11-19(29)30)21(14-4-6-15(23)7-5-14)26-22(25-20)27-34(3,31)32/h4-7,12-13,16-17H,8-11H2,1-3H3,(H,29,30)(H,25,26,27)/t16-,17-/m0/s1. The van der Waals surface area contributed by atoms with Gasteiger partial charge in [0.2, 0.25) is 16.0 Å². The molecule has 0 aliphatic heterocycles. The Balaban J connectivity index is 2.49. The molecule has 2 aromatic rings. The minimum atomic E-state index is -3.68. The Kier molecular flexibility index (Phi) is 9.42. The van der Waals surface area contributed by atoms with Gasteiger partial charge < -0.3 is 9.84 Å². The van der Waals surface area contributed by atoms with Gasteiger partial charge in [0, 0.05) is 17.5 Å². The Labute approximate surface area is 196 Å². The molecular formula is C22H27F2N3O6S. The summed E-state index contributed by atoms with van der Waals surface area (Å²) >= 11 is 0. The van der Waals surface area contributed by atoms with E-state index >= 15 is 0 Å². The number of nitrogens with one attached hydrogen (secondary N) is 1. The molecule has 0 saturated carbocycles. The number of rotatable bonds is 13. The van der Waals surface area contributed by atoms with Crippen LogP contribution in [0.3, 0.4) is 0 Å². The zero-order chi connectivity index (χ0) is 25.5. The predicted octanol–water partition coefficient (Wildman–Crippen LogP) is 3.45. The van der Waals surface area contributed by atoms with Crippen molar-refractivity contribution < 1.29 is 36.6 Å². The minimum Gasteiger partial charge on any atom is -0.481 e. The zero-order valence-corrected chi connectivity index (χ0v) is 19.8. The van der Waals surface area contributed by atoms with Gasteiger partial charge in [0.05, 0.1) is 24.1 Å². The Hall–Kier alpha value is -3.15. The fraction of sp³-hybridized carbons (Fsp3) is 0.455. The summed E-state index contributed by atoms with van der Waals surface area (Å²) in [4.78, 5) is 30.4. The second-order valence-corrected chi connectivity index (χ2v) is 9.87. The Morgan fingerprint density at radius 3 is 2.41 bits per heavy atom. The number of sulfonamides is 1. The van der Waals surface area contributed by atoms with Crippen LogP contribution < -0.4 is 4.72 Å². The van der Waals surface area contributed by atoms with E-state index in [4.69, 9.17) is 9.84 Å². The number of ether oxygens (including phenoxy) is 1. The first-order valence-electron chi connectivity index (χ1n) is 10.5. The van der Waals surface area contributed by atoms with E-state index in [1.165, 1.54) is 24.3 Å². The average molecular weight is 500 g/mol. The van der Waals surface area contributed by atoms with Gasteiger partial charge in [-0.15, -0.1) is 0 Å². The molecule has 0 radical (unpaired) electrons. The molecule has 12 heteroatoms. The van der Waals surface area contributed by atoms with Crippen LogP contribution in [-0.4, -0.2) is 54.5 Å². The van der Waals surface area contributed by atoms with E-state index < -0.39 is 40.5 Å². The summed E-state index contributed by atoms with van der Waals surface area (Å²) < 4.78 is 58.3. The summed E-state index contributed by atoms with van der Waals surface area (Å²) in [5.74, 6) is -2.10. The normalized spacial score (nSPS) is 13.4. The highest BCUT2D eigenvalue weighted by Gasteiger charge is 2.24. The number of carbonyl (C=O) groups is 2. The van der Waals surface area contributed by atoms with Gasteiger partial charge in [-0.2, -0.15) is 0 Å². The number of carboxylic acids is 1. The lowest BCUT2D eigenvalue weighted by molar-refractivity contribution is -0.139. The maximum Gasteiger partial charge on any atom is 0.306 e. The van der Waals surface area contributed by atoms with Gasteiger partial charge in [-0.05, 0) is 43.0 Å². The number of aliphatic carboxylic acids is 1. The molecule has 0 aliphatic carbocycles. The van der Waals surface area contributed by atoms with Gasteiger partial charge in [-0.25, -0.2) is 27.2 Å². The largest absolute Gasteiger partial charge is 0.481 e. The van der Waals surface area contributed by atoms with E-state index in [-0.39, 0.29) is 37.6 Å². The number of alkyl halides is 1. The molecule has 0 unspecified atom stereocenters. The Morgan fingerprint density at radius 1 is 1.24 bits per heavy atom. The van der Waals surface area contributed by atoms with Crippen molar-refractivity contribution >= 4 is 28.4 Å². The third-order valence-corrected chi connectivity index (χ3v) is 5.41. The first kappa shape index (κ1) is 27.1. The van der Waals surface area contributed by atoms with Crippen LogP contribution in [0.2, 0.25) is 0 Å². The zero-order valence-electron chi connectivity index (χ0n) is 19.0. The lowest BCUT2D eigenvalue weighted by Crippen LogP contribution is -2.22. The molecule has 9 nitrogen and oxygen atoms in total. The van der Waals surface area contributed by atoms with Gasteiger partial charge in [0.1, 0.15) is 18.1 Å². The van der Waals surface area contributed by atoms with Gasteiger partial charge in [-0.1, -0.05) is 13.8 Å². The molecule has 0 fully saturated rings. The Bertz CT molecular complexity index is 1110. The number of hydrogen-bond acceptors (Lipinski definition) is 7. The molecule has 0 saturated heterocycles. The third-order valence-electron chi connectivity index (χ3n) is 4.86. The molecule has 0 amide bonds. The maximum absolute atomic E-state index is 14.1. The van der Waals surface area contributed by atoms with E-state index in [2.05, 4.69) is 14.7 Å². The fourth-order valence-electron chi connectivity index (χ4n) is 3.47. The summed E-state index contributed by atoms with van der Waals surface area (Å²) in [5.41, 5.74) is 1.94. The molecule has 2 atom stereocenters. The molecule has 2 N–H and O–H groups in total. The molecule has 0 aliphatic rings. The highest BCUT2D eigenvalue weighted by molar-refractivity contribution is 7.91. The van der Waals surface area contributed by atoms with Crippen molar-refractivity contribution in [2.45, 2.75) is 57.7 Å². The van der Waals surface area contributed by atoms with Crippen molar-refractivity contribution in [3.05, 3.63) is 41.3 Å². The molecule has 34 heavy (non-hydrogen) atoms. The second-order valence-electron chi connectivity index (χ2n) is 8.12. The maximum atomic E-state index is 14.1. The Morgan fingerprint density at radius 2 is 1.88 bits per heavy atom. The topological polar surface area (TPSA) is 136 Å². The lowest BCUT2D eigenvalue weighted by atomic mass is 9.93. The van der Waals surface area contributed by atoms with E-state index in [0.717, 1.165) is 6.26 Å². The van der Waals surface area contributed by atoms with Crippen LogP contribution in [0.1, 0.15) is 50.3 Å². The van der Waals surface area contributed by atoms with Gasteiger partial charge in [0.15, 0.2) is 0 Å². The van der Waals surface area contributed by atoms with Gasteiger partial charge in [0.25, 0.3) is 6.47 Å². The SMILES string of the molecule is CC(C)c1nc(NS(C)(=O)=O)nc(-c2ccc(F)cc2)c1CC[C@@H](C[C@H](F)CC(=O)O)OC=O. The van der Waals surface area contributed by atoms with Crippen LogP contribution >= 0.6 is 0 Å². The fourth-order valence-corrected chi connectivity index (χ4v) is 3.89. The van der Waals surface area contributed by atoms with Gasteiger partial charge in [-0.3, -0.25) is 14.3 Å². The number of halogens is 2. The number of hydrogen-bond donors (Lipinski definition) is 2. The predicted molar refractivity (Wildman–Crippen MR) is 121 cm³/mol. The van der Waals surface area contributed by atoms with Crippen LogP contribution in [-0.2, 0) is 30.8 Å². The summed E-state index contributed by atoms with van der Waals surface area (Å²) in [7, 11) is -3.68. The van der Waals surface area contributed by atoms with Crippen LogP contribution in [0.5, 0.6) is 0 Å². The van der Waals surface area contributed by atoms with E-state index in [1.54, 1.807) is 0 Å². The summed E-state index contributed by atoms with van der Waals surface area (Å²) in [6.45, 7) is 3.86. The van der Waals surface area contributed by atoms with Crippen molar-refractivity contribution in [1.82, 2.24) is 9.97 Å². The molecule has 1 aromatic heterocycles. The molecule has 1 aromatic carbocycles. The van der Waals surface area contributed by atoms with Crippen LogP contribution in [0.25, 0.3) is 11.3 Å². The molecule has 186 valence electrons. The molecule has 0 spiro atoms. The highest BCUT2D eigenvalue weighted by Crippen LogP contribution is 2.31. The number of carboxylic acid groups (broad SMARTS) is 1. The van der Waals surface area contributed by atoms with E-state index in [1.807, 2.05) is 13.8 Å². The van der Waals surface area contributed by atoms with Crippen LogP contribution in [0.15, 0.2) is 24.3 Å². The number of anilines is 1. The number of carbonyl (C=O) groups excluding carboxylic acids is 1. The van der Waals surface area contributed by atoms with Crippen molar-refractivity contribution in [3.63, 3.8) is 0 Å². The summed E-state index contributed by atoms with van der Waals surface area (Å²) in [6, 6.07) is 5.44.